The summed E-state index contributed by atoms with van der Waals surface area (Å²) in [7, 11) is 0. The van der Waals surface area contributed by atoms with E-state index in [0.29, 0.717) is 18.5 Å². The van der Waals surface area contributed by atoms with Crippen molar-refractivity contribution < 1.29 is 4.79 Å². The number of carbonyl (C=O) groups excluding carboxylic acids is 1. The van der Waals surface area contributed by atoms with E-state index in [9.17, 15) is 4.79 Å². The average Bonchev–Trinajstić information content (AvgIpc) is 2.87. The first-order valence-corrected chi connectivity index (χ1v) is 7.45. The van der Waals surface area contributed by atoms with Gasteiger partial charge in [0, 0.05) is 0 Å². The van der Waals surface area contributed by atoms with E-state index >= 15 is 0 Å². The number of nitrogens with one attached hydrogen (secondary N) is 1. The van der Waals surface area contributed by atoms with Crippen molar-refractivity contribution in [2.24, 2.45) is 13.7 Å². The molecule has 0 unspecified atom stereocenters. The molecule has 0 saturated heterocycles. The zero-order chi connectivity index (χ0) is 13.2. The topological polar surface area (TPSA) is 79.8 Å². The van der Waals surface area contributed by atoms with Crippen LogP contribution >= 0.6 is 0 Å². The molecule has 0 radical (unpaired) electrons. The van der Waals surface area contributed by atoms with Gasteiger partial charge in [0.1, 0.15) is 0 Å². The predicted molar refractivity (Wildman–Crippen MR) is 72.5 cm³/mol. The molecule has 0 spiro atoms. The number of nitrogens with zero attached hydrogens (tertiary/aromatic N) is 2. The van der Waals surface area contributed by atoms with Crippen molar-refractivity contribution >= 4 is 37.5 Å². The van der Waals surface area contributed by atoms with E-state index in [1.54, 1.807) is 0 Å². The Labute approximate surface area is 112 Å². The van der Waals surface area contributed by atoms with E-state index in [1.807, 2.05) is 32.0 Å². The standard InChI is InChI=1S/C12H16N4OSe/c1-3-12(13,4-2)11(17)14-8-6-5-7-9-10(8)16-18-15-9/h5-7H,3-4,13H2,1-2H3,(H,14,17). The van der Waals surface area contributed by atoms with Crippen molar-refractivity contribution in [1.82, 2.24) is 0 Å². The Morgan fingerprint density at radius 1 is 1.39 bits per heavy atom. The fourth-order valence-electron chi connectivity index (χ4n) is 1.72. The molecular formula is C12H16N4OSe. The summed E-state index contributed by atoms with van der Waals surface area (Å²) >= 11 is -0.0987. The average molecular weight is 311 g/mol. The van der Waals surface area contributed by atoms with Crippen molar-refractivity contribution in [1.29, 1.82) is 0 Å². The third-order valence-electron chi connectivity index (χ3n) is 3.25. The monoisotopic (exact) mass is 312 g/mol. The molecule has 0 atom stereocenters. The molecule has 1 aliphatic heterocycles. The molecular weight excluding hydrogens is 295 g/mol. The second-order valence-corrected chi connectivity index (χ2v) is 5.36. The molecule has 96 valence electrons. The third kappa shape index (κ3) is 2.32. The van der Waals surface area contributed by atoms with E-state index in [1.165, 1.54) is 0 Å². The predicted octanol–water partition coefficient (Wildman–Crippen LogP) is 2.49. The summed E-state index contributed by atoms with van der Waals surface area (Å²) in [5, 5.41) is 2.88. The maximum atomic E-state index is 12.2. The molecule has 0 aliphatic carbocycles. The van der Waals surface area contributed by atoms with Crippen LogP contribution in [0.25, 0.3) is 0 Å². The summed E-state index contributed by atoms with van der Waals surface area (Å²) in [6.45, 7) is 3.84. The quantitative estimate of drug-likeness (QED) is 0.851. The molecule has 5 nitrogen and oxygen atoms in total. The molecule has 1 aromatic carbocycles. The number of fused-ring (bicyclic) bond motifs is 1. The normalized spacial score (nSPS) is 13.1. The van der Waals surface area contributed by atoms with Gasteiger partial charge in [-0.3, -0.25) is 0 Å². The van der Waals surface area contributed by atoms with E-state index in [2.05, 4.69) is 13.2 Å². The molecule has 1 heterocycles. The molecule has 2 rings (SSSR count). The Balaban J connectivity index is 2.24. The van der Waals surface area contributed by atoms with E-state index in [-0.39, 0.29) is 20.5 Å². The van der Waals surface area contributed by atoms with Crippen molar-refractivity contribution in [3.8, 4) is 0 Å². The fourth-order valence-corrected chi connectivity index (χ4v) is 2.88. The van der Waals surface area contributed by atoms with Gasteiger partial charge in [0.2, 0.25) is 0 Å². The number of amides is 1. The molecule has 0 fully saturated rings. The Hall–Kier alpha value is -1.23. The van der Waals surface area contributed by atoms with Crippen molar-refractivity contribution in [2.75, 3.05) is 5.32 Å². The van der Waals surface area contributed by atoms with Gasteiger partial charge in [-0.25, -0.2) is 0 Å². The van der Waals surface area contributed by atoms with Gasteiger partial charge >= 0.3 is 112 Å². The van der Waals surface area contributed by atoms with Gasteiger partial charge in [0.05, 0.1) is 0 Å². The van der Waals surface area contributed by atoms with Gasteiger partial charge in [0.25, 0.3) is 0 Å². The van der Waals surface area contributed by atoms with Crippen LogP contribution < -0.4 is 11.1 Å². The number of rotatable bonds is 4. The molecule has 0 saturated carbocycles. The molecule has 18 heavy (non-hydrogen) atoms. The number of carbonyl (C=O) groups is 1. The molecule has 1 aliphatic rings. The van der Waals surface area contributed by atoms with Crippen molar-refractivity contribution in [3.63, 3.8) is 0 Å². The maximum absolute atomic E-state index is 12.2. The van der Waals surface area contributed by atoms with Crippen LogP contribution in [0.4, 0.5) is 17.1 Å². The number of hydrogen-bond acceptors (Lipinski definition) is 4. The summed E-state index contributed by atoms with van der Waals surface area (Å²) in [4.78, 5) is 12.2. The number of hydrogen-bond donors (Lipinski definition) is 2. The number of anilines is 1. The molecule has 1 amide bonds. The van der Waals surface area contributed by atoms with Crippen LogP contribution in [0.3, 0.4) is 0 Å². The van der Waals surface area contributed by atoms with Crippen LogP contribution in [0.5, 0.6) is 0 Å². The summed E-state index contributed by atoms with van der Waals surface area (Å²) in [6, 6.07) is 5.60. The number of nitrogens with two attached hydrogens (primary N) is 1. The summed E-state index contributed by atoms with van der Waals surface area (Å²) in [5.41, 5.74) is 7.59. The number of benzene rings is 1. The summed E-state index contributed by atoms with van der Waals surface area (Å²) in [6.07, 6.45) is 1.21. The van der Waals surface area contributed by atoms with Gasteiger partial charge in [-0.05, 0) is 0 Å². The van der Waals surface area contributed by atoms with Gasteiger partial charge in [0.15, 0.2) is 0 Å². The Kier molecular flexibility index (Phi) is 3.80. The Morgan fingerprint density at radius 3 is 2.78 bits per heavy atom. The van der Waals surface area contributed by atoms with Gasteiger partial charge in [-0.15, -0.1) is 0 Å². The Bertz CT molecular complexity index is 545. The SMILES string of the molecule is CCC(N)(CC)C(=O)Nc1cccc2c1N=[Se]=N2. The molecule has 0 aromatic heterocycles. The first kappa shape index (κ1) is 13.2. The first-order valence-electron chi connectivity index (χ1n) is 5.92. The van der Waals surface area contributed by atoms with Crippen LogP contribution in [0, 0.1) is 0 Å². The Morgan fingerprint density at radius 2 is 2.11 bits per heavy atom. The molecule has 1 aromatic rings. The van der Waals surface area contributed by atoms with E-state index < -0.39 is 5.54 Å². The minimum atomic E-state index is -0.816. The van der Waals surface area contributed by atoms with Crippen molar-refractivity contribution in [3.05, 3.63) is 18.2 Å². The van der Waals surface area contributed by atoms with E-state index in [0.717, 1.165) is 11.4 Å². The molecule has 0 bridgehead atoms. The summed E-state index contributed by atoms with van der Waals surface area (Å²) < 4.78 is 8.61. The van der Waals surface area contributed by atoms with Crippen LogP contribution in [-0.2, 0) is 4.79 Å². The van der Waals surface area contributed by atoms with Gasteiger partial charge in [-0.2, -0.15) is 0 Å². The summed E-state index contributed by atoms with van der Waals surface area (Å²) in [5.74, 6) is -0.157. The van der Waals surface area contributed by atoms with Gasteiger partial charge < -0.3 is 0 Å². The van der Waals surface area contributed by atoms with E-state index in [4.69, 9.17) is 5.73 Å². The van der Waals surface area contributed by atoms with Crippen LogP contribution in [0.1, 0.15) is 26.7 Å². The second kappa shape index (κ2) is 5.18. The zero-order valence-electron chi connectivity index (χ0n) is 10.4. The first-order chi connectivity index (χ1) is 8.60. The van der Waals surface area contributed by atoms with Crippen molar-refractivity contribution in [2.45, 2.75) is 32.2 Å². The minimum absolute atomic E-state index is 0.0987. The zero-order valence-corrected chi connectivity index (χ0v) is 12.1. The van der Waals surface area contributed by atoms with Crippen LogP contribution in [-0.4, -0.2) is 26.0 Å². The van der Waals surface area contributed by atoms with Crippen LogP contribution in [0.15, 0.2) is 26.1 Å². The third-order valence-corrected chi connectivity index (χ3v) is 4.39. The van der Waals surface area contributed by atoms with Gasteiger partial charge in [-0.1, -0.05) is 0 Å². The fraction of sp³-hybridized carbons (Fsp3) is 0.417. The molecule has 3 N–H and O–H groups in total. The van der Waals surface area contributed by atoms with Crippen LogP contribution in [0.2, 0.25) is 0 Å². The second-order valence-electron chi connectivity index (χ2n) is 4.25. The molecule has 6 heteroatoms.